The van der Waals surface area contributed by atoms with Crippen molar-refractivity contribution in [3.63, 3.8) is 0 Å². The molecule has 24 heavy (non-hydrogen) atoms. The number of primary amides is 1. The molecule has 6 nitrogen and oxygen atoms in total. The molecule has 3 saturated heterocycles. The number of esters is 1. The molecule has 4 fully saturated rings. The molecule has 1 saturated carbocycles. The molecule has 130 valence electrons. The van der Waals surface area contributed by atoms with Crippen LogP contribution in [0.25, 0.3) is 0 Å². The van der Waals surface area contributed by atoms with Crippen LogP contribution >= 0.6 is 0 Å². The van der Waals surface area contributed by atoms with E-state index in [1.54, 1.807) is 0 Å². The number of Topliss-reactive ketones (excluding diaryl/α,β-unsaturated/α-hetero) is 1. The molecule has 4 aliphatic rings. The number of methoxy groups -OCH3 is 1. The molecule has 0 aromatic carbocycles. The maximum Gasteiger partial charge on any atom is 0.323 e. The van der Waals surface area contributed by atoms with Crippen LogP contribution < -0.4 is 5.73 Å². The van der Waals surface area contributed by atoms with E-state index < -0.39 is 17.3 Å². The van der Waals surface area contributed by atoms with Gasteiger partial charge in [0.05, 0.1) is 13.2 Å². The summed E-state index contributed by atoms with van der Waals surface area (Å²) < 4.78 is 5.00. The van der Waals surface area contributed by atoms with Gasteiger partial charge in [-0.2, -0.15) is 0 Å². The van der Waals surface area contributed by atoms with Crippen LogP contribution in [-0.2, 0) is 19.1 Å². The van der Waals surface area contributed by atoms with Crippen LogP contribution in [0.4, 0.5) is 0 Å². The molecule has 1 aliphatic carbocycles. The second-order valence-electron chi connectivity index (χ2n) is 8.01. The first-order chi connectivity index (χ1) is 11.4. The van der Waals surface area contributed by atoms with Crippen LogP contribution in [0.1, 0.15) is 26.2 Å². The van der Waals surface area contributed by atoms with Crippen LogP contribution in [0.15, 0.2) is 12.2 Å². The van der Waals surface area contributed by atoms with E-state index in [4.69, 9.17) is 10.5 Å². The number of hydrogen-bond donors (Lipinski definition) is 1. The number of ketones is 1. The van der Waals surface area contributed by atoms with Crippen LogP contribution in [0.5, 0.6) is 0 Å². The zero-order valence-electron chi connectivity index (χ0n) is 14.1. The number of nitrogens with zero attached hydrogens (tertiary/aromatic N) is 1. The van der Waals surface area contributed by atoms with Gasteiger partial charge < -0.3 is 10.5 Å². The van der Waals surface area contributed by atoms with E-state index in [0.29, 0.717) is 23.8 Å². The van der Waals surface area contributed by atoms with Gasteiger partial charge in [-0.3, -0.25) is 19.3 Å². The van der Waals surface area contributed by atoms with Gasteiger partial charge >= 0.3 is 5.97 Å². The lowest BCUT2D eigenvalue weighted by molar-refractivity contribution is -0.166. The summed E-state index contributed by atoms with van der Waals surface area (Å²) in [6, 6.07) is 0.250. The highest BCUT2D eigenvalue weighted by atomic mass is 16.5. The topological polar surface area (TPSA) is 89.7 Å². The summed E-state index contributed by atoms with van der Waals surface area (Å²) in [6.07, 6.45) is 5.61. The fourth-order valence-corrected chi connectivity index (χ4v) is 6.10. The first-order valence-corrected chi connectivity index (χ1v) is 8.77. The minimum absolute atomic E-state index is 0.0906. The lowest BCUT2D eigenvalue weighted by atomic mass is 9.64. The Morgan fingerprint density at radius 1 is 1.29 bits per heavy atom. The second-order valence-corrected chi connectivity index (χ2v) is 8.01. The van der Waals surface area contributed by atoms with Crippen molar-refractivity contribution in [2.45, 2.75) is 38.3 Å². The zero-order chi connectivity index (χ0) is 17.2. The summed E-state index contributed by atoms with van der Waals surface area (Å²) >= 11 is 0. The third-order valence-corrected chi connectivity index (χ3v) is 6.89. The van der Waals surface area contributed by atoms with E-state index in [1.165, 1.54) is 13.2 Å². The molecule has 0 radical (unpaired) electrons. The quantitative estimate of drug-likeness (QED) is 0.462. The zero-order valence-corrected chi connectivity index (χ0v) is 14.1. The van der Waals surface area contributed by atoms with Gasteiger partial charge in [0.2, 0.25) is 5.91 Å². The number of amides is 1. The highest BCUT2D eigenvalue weighted by Gasteiger charge is 2.69. The first-order valence-electron chi connectivity index (χ1n) is 8.77. The molecular weight excluding hydrogens is 308 g/mol. The number of piperidine rings is 2. The van der Waals surface area contributed by atoms with Gasteiger partial charge in [0, 0.05) is 18.7 Å². The maximum absolute atomic E-state index is 13.5. The number of hydrogen-bond acceptors (Lipinski definition) is 5. The number of carbonyl (C=O) groups is 3. The molecule has 3 aliphatic heterocycles. The summed E-state index contributed by atoms with van der Waals surface area (Å²) in [5, 5.41) is 0. The summed E-state index contributed by atoms with van der Waals surface area (Å²) in [7, 11) is 1.30. The predicted molar refractivity (Wildman–Crippen MR) is 85.6 cm³/mol. The predicted octanol–water partition coefficient (Wildman–Crippen LogP) is 0.505. The van der Waals surface area contributed by atoms with Gasteiger partial charge in [0.15, 0.2) is 11.2 Å². The highest BCUT2D eigenvalue weighted by molar-refractivity contribution is 6.10. The molecule has 2 N–H and O–H groups in total. The number of fused-ring (bicyclic) bond motifs is 2. The summed E-state index contributed by atoms with van der Waals surface area (Å²) in [6.45, 7) is 2.97. The summed E-state index contributed by atoms with van der Waals surface area (Å²) in [5.41, 5.74) is 3.88. The normalized spacial score (nSPS) is 48.8. The molecule has 3 heterocycles. The Morgan fingerprint density at radius 3 is 2.71 bits per heavy atom. The molecule has 1 amide bonds. The highest BCUT2D eigenvalue weighted by Crippen LogP contribution is 2.60. The molecule has 4 rings (SSSR count). The van der Waals surface area contributed by atoms with E-state index in [9.17, 15) is 14.4 Å². The maximum atomic E-state index is 13.5. The van der Waals surface area contributed by atoms with Crippen molar-refractivity contribution in [2.24, 2.45) is 34.8 Å². The third kappa shape index (κ3) is 1.83. The van der Waals surface area contributed by atoms with Crippen molar-refractivity contribution in [1.29, 1.82) is 0 Å². The lowest BCUT2D eigenvalue weighted by Gasteiger charge is -2.49. The summed E-state index contributed by atoms with van der Waals surface area (Å²) in [4.78, 5) is 39.7. The molecule has 1 unspecified atom stereocenters. The Bertz CT molecular complexity index is 645. The average molecular weight is 332 g/mol. The number of rotatable bonds is 3. The Balaban J connectivity index is 1.81. The molecular formula is C18H24N2O4. The lowest BCUT2D eigenvalue weighted by Crippen LogP contribution is -2.63. The van der Waals surface area contributed by atoms with E-state index in [2.05, 4.69) is 11.8 Å². The van der Waals surface area contributed by atoms with E-state index >= 15 is 0 Å². The monoisotopic (exact) mass is 332 g/mol. The van der Waals surface area contributed by atoms with E-state index in [-0.39, 0.29) is 17.7 Å². The van der Waals surface area contributed by atoms with Crippen LogP contribution in [0, 0.1) is 29.1 Å². The Hall–Kier alpha value is -1.69. The van der Waals surface area contributed by atoms with Gasteiger partial charge in [-0.25, -0.2) is 0 Å². The van der Waals surface area contributed by atoms with Crippen LogP contribution in [0.3, 0.4) is 0 Å². The Labute approximate surface area is 141 Å². The largest absolute Gasteiger partial charge is 0.468 e. The van der Waals surface area contributed by atoms with Crippen molar-refractivity contribution in [2.75, 3.05) is 13.7 Å². The third-order valence-electron chi connectivity index (χ3n) is 6.89. The van der Waals surface area contributed by atoms with Crippen molar-refractivity contribution in [3.05, 3.63) is 12.2 Å². The molecule has 8 atom stereocenters. The number of carbonyl (C=O) groups excluding carboxylic acids is 3. The molecule has 5 bridgehead atoms. The number of nitrogens with two attached hydrogens (primary N) is 1. The second kappa shape index (κ2) is 5.15. The SMILES string of the molecule is COC(=O)[C@@]1(/C=C/C(N)=O)C(=O)[C@H]2[C@@H]3C[C@@H](C)C[C@H]4[C@@H]3C[C@@H]1CN42. The van der Waals surface area contributed by atoms with Crippen molar-refractivity contribution >= 4 is 17.7 Å². The van der Waals surface area contributed by atoms with Gasteiger partial charge in [-0.05, 0) is 42.9 Å². The van der Waals surface area contributed by atoms with Gasteiger partial charge in [-0.15, -0.1) is 0 Å². The first kappa shape index (κ1) is 15.8. The van der Waals surface area contributed by atoms with Gasteiger partial charge in [-0.1, -0.05) is 13.0 Å². The number of ether oxygens (including phenoxy) is 1. The fourth-order valence-electron chi connectivity index (χ4n) is 6.10. The smallest absolute Gasteiger partial charge is 0.323 e. The standard InChI is InChI=1S/C18H24N2O4/c1-9-5-12-11-7-10-8-20(13(11)6-9)15(12)16(22)18(10,17(23)24-2)4-3-14(19)21/h3-4,9-13,15H,5-8H2,1-2H3,(H2,19,21)/b4-3+/t9-,10-,11-,12-,13+,15-,18-/m1/s1. The van der Waals surface area contributed by atoms with Gasteiger partial charge in [0.25, 0.3) is 0 Å². The van der Waals surface area contributed by atoms with Crippen molar-refractivity contribution in [3.8, 4) is 0 Å². The van der Waals surface area contributed by atoms with E-state index in [0.717, 1.165) is 31.9 Å². The molecule has 0 aromatic rings. The van der Waals surface area contributed by atoms with Crippen molar-refractivity contribution in [1.82, 2.24) is 4.90 Å². The summed E-state index contributed by atoms with van der Waals surface area (Å²) in [5.74, 6) is -0.0166. The van der Waals surface area contributed by atoms with Gasteiger partial charge in [0.1, 0.15) is 0 Å². The molecule has 0 spiro atoms. The average Bonchev–Trinajstić information content (AvgIpc) is 2.69. The van der Waals surface area contributed by atoms with E-state index in [1.807, 2.05) is 0 Å². The molecule has 6 heteroatoms. The minimum atomic E-state index is -1.35. The Morgan fingerprint density at radius 2 is 2.04 bits per heavy atom. The van der Waals surface area contributed by atoms with Crippen LogP contribution in [0.2, 0.25) is 0 Å². The van der Waals surface area contributed by atoms with Crippen LogP contribution in [-0.4, -0.2) is 48.3 Å². The van der Waals surface area contributed by atoms with Crippen molar-refractivity contribution < 1.29 is 19.1 Å². The molecule has 0 aromatic heterocycles. The minimum Gasteiger partial charge on any atom is -0.468 e. The Kier molecular flexibility index (Phi) is 3.39. The fraction of sp³-hybridized carbons (Fsp3) is 0.722.